The van der Waals surface area contributed by atoms with Gasteiger partial charge < -0.3 is 14.6 Å². The van der Waals surface area contributed by atoms with Gasteiger partial charge in [-0.1, -0.05) is 12.1 Å². The lowest BCUT2D eigenvalue weighted by Crippen LogP contribution is -1.99. The van der Waals surface area contributed by atoms with Crippen LogP contribution in [0.2, 0.25) is 0 Å². The third-order valence-electron chi connectivity index (χ3n) is 2.49. The summed E-state index contributed by atoms with van der Waals surface area (Å²) in [5.41, 5.74) is 0.735. The molecule has 0 heterocycles. The van der Waals surface area contributed by atoms with E-state index in [1.807, 2.05) is 0 Å². The number of phenolic OH excluding ortho intramolecular Hbond substituents is 1. The molecule has 2 aromatic carbocycles. The lowest BCUT2D eigenvalue weighted by Gasteiger charge is -2.11. The molecule has 0 aromatic heterocycles. The van der Waals surface area contributed by atoms with E-state index < -0.39 is 5.82 Å². The second-order valence-corrected chi connectivity index (χ2v) is 3.72. The molecule has 0 saturated heterocycles. The fourth-order valence-electron chi connectivity index (χ4n) is 1.57. The molecule has 0 aliphatic carbocycles. The second-order valence-electron chi connectivity index (χ2n) is 3.72. The number of aromatic hydroxyl groups is 1. The van der Waals surface area contributed by atoms with E-state index in [1.165, 1.54) is 25.3 Å². The van der Waals surface area contributed by atoms with Crippen LogP contribution in [0.25, 0.3) is 0 Å². The molecule has 0 amide bonds. The Hall–Kier alpha value is -2.23. The van der Waals surface area contributed by atoms with Crippen LogP contribution in [-0.4, -0.2) is 12.2 Å². The smallest absolute Gasteiger partial charge is 0.165 e. The Morgan fingerprint density at radius 3 is 2.61 bits per heavy atom. The summed E-state index contributed by atoms with van der Waals surface area (Å²) in [6.07, 6.45) is 0. The van der Waals surface area contributed by atoms with E-state index in [0.717, 1.165) is 5.56 Å². The summed E-state index contributed by atoms with van der Waals surface area (Å²) in [6, 6.07) is 10.9. The van der Waals surface area contributed by atoms with Gasteiger partial charge in [-0.3, -0.25) is 0 Å². The molecule has 4 heteroatoms. The van der Waals surface area contributed by atoms with Crippen molar-refractivity contribution in [2.75, 3.05) is 7.11 Å². The lowest BCUT2D eigenvalue weighted by molar-refractivity contribution is 0.282. The highest BCUT2D eigenvalue weighted by molar-refractivity contribution is 5.40. The van der Waals surface area contributed by atoms with Crippen molar-refractivity contribution in [1.29, 1.82) is 0 Å². The van der Waals surface area contributed by atoms with Gasteiger partial charge in [0.1, 0.15) is 18.1 Å². The predicted molar refractivity (Wildman–Crippen MR) is 65.4 cm³/mol. The summed E-state index contributed by atoms with van der Waals surface area (Å²) in [6.45, 7) is 0.171. The molecule has 0 aliphatic rings. The number of hydrogen-bond acceptors (Lipinski definition) is 3. The maximum atomic E-state index is 13.3. The van der Waals surface area contributed by atoms with Crippen molar-refractivity contribution in [2.24, 2.45) is 0 Å². The van der Waals surface area contributed by atoms with Gasteiger partial charge in [0, 0.05) is 11.6 Å². The highest BCUT2D eigenvalue weighted by Crippen LogP contribution is 2.25. The van der Waals surface area contributed by atoms with Gasteiger partial charge in [0.2, 0.25) is 0 Å². The minimum absolute atomic E-state index is 0.112. The Bertz CT molecular complexity index is 540. The van der Waals surface area contributed by atoms with Crippen LogP contribution in [-0.2, 0) is 6.61 Å². The molecule has 0 bridgehead atoms. The first kappa shape index (κ1) is 12.2. The summed E-state index contributed by atoms with van der Waals surface area (Å²) >= 11 is 0. The van der Waals surface area contributed by atoms with E-state index in [0.29, 0.717) is 5.75 Å². The van der Waals surface area contributed by atoms with Gasteiger partial charge in [-0.2, -0.15) is 0 Å². The van der Waals surface area contributed by atoms with Crippen molar-refractivity contribution in [3.05, 3.63) is 53.8 Å². The molecule has 0 fully saturated rings. The average molecular weight is 248 g/mol. The minimum Gasteiger partial charge on any atom is -0.508 e. The highest BCUT2D eigenvalue weighted by atomic mass is 19.1. The molecule has 0 atom stereocenters. The zero-order valence-corrected chi connectivity index (χ0v) is 9.89. The fraction of sp³-hybridized carbons (Fsp3) is 0.143. The van der Waals surface area contributed by atoms with E-state index in [4.69, 9.17) is 9.47 Å². The zero-order chi connectivity index (χ0) is 13.0. The van der Waals surface area contributed by atoms with Crippen molar-refractivity contribution < 1.29 is 19.0 Å². The molecule has 0 radical (unpaired) electrons. The number of ether oxygens (including phenoxy) is 2. The van der Waals surface area contributed by atoms with Crippen LogP contribution < -0.4 is 9.47 Å². The van der Waals surface area contributed by atoms with Gasteiger partial charge in [-0.15, -0.1) is 0 Å². The molecule has 0 saturated carbocycles. The molecule has 18 heavy (non-hydrogen) atoms. The van der Waals surface area contributed by atoms with Gasteiger partial charge in [0.15, 0.2) is 11.6 Å². The van der Waals surface area contributed by atoms with E-state index in [2.05, 4.69) is 0 Å². The molecule has 0 unspecified atom stereocenters. The van der Waals surface area contributed by atoms with Gasteiger partial charge in [0.05, 0.1) is 7.11 Å². The number of methoxy groups -OCH3 is 1. The van der Waals surface area contributed by atoms with Crippen LogP contribution in [0.4, 0.5) is 4.39 Å². The van der Waals surface area contributed by atoms with Crippen molar-refractivity contribution in [3.63, 3.8) is 0 Å². The Labute approximate surface area is 104 Å². The van der Waals surface area contributed by atoms with Gasteiger partial charge in [0.25, 0.3) is 0 Å². The van der Waals surface area contributed by atoms with Crippen LogP contribution >= 0.6 is 0 Å². The SMILES string of the molecule is COc1cc(O)ccc1COc1ccccc1F. The minimum atomic E-state index is -0.407. The maximum absolute atomic E-state index is 13.3. The zero-order valence-electron chi connectivity index (χ0n) is 9.89. The van der Waals surface area contributed by atoms with Gasteiger partial charge >= 0.3 is 0 Å². The second kappa shape index (κ2) is 5.40. The third kappa shape index (κ3) is 2.71. The summed E-state index contributed by atoms with van der Waals surface area (Å²) < 4.78 is 23.8. The number of para-hydroxylation sites is 1. The van der Waals surface area contributed by atoms with E-state index in [-0.39, 0.29) is 18.1 Å². The monoisotopic (exact) mass is 248 g/mol. The fourth-order valence-corrected chi connectivity index (χ4v) is 1.57. The Morgan fingerprint density at radius 1 is 1.11 bits per heavy atom. The van der Waals surface area contributed by atoms with Crippen LogP contribution in [0.1, 0.15) is 5.56 Å². The standard InChI is InChI=1S/C14H13FO3/c1-17-14-8-11(16)7-6-10(14)9-18-13-5-3-2-4-12(13)15/h2-8,16H,9H2,1H3. The van der Waals surface area contributed by atoms with E-state index >= 15 is 0 Å². The number of rotatable bonds is 4. The number of hydrogen-bond donors (Lipinski definition) is 1. The summed E-state index contributed by atoms with van der Waals surface area (Å²) in [5, 5.41) is 9.32. The van der Waals surface area contributed by atoms with E-state index in [1.54, 1.807) is 24.3 Å². The normalized spacial score (nSPS) is 10.1. The molecule has 0 aliphatic heterocycles. The predicted octanol–water partition coefficient (Wildman–Crippen LogP) is 3.12. The number of halogens is 1. The Morgan fingerprint density at radius 2 is 1.89 bits per heavy atom. The van der Waals surface area contributed by atoms with Gasteiger partial charge in [-0.25, -0.2) is 4.39 Å². The molecular formula is C14H13FO3. The summed E-state index contributed by atoms with van der Waals surface area (Å²) in [4.78, 5) is 0. The lowest BCUT2D eigenvalue weighted by atomic mass is 10.2. The van der Waals surface area contributed by atoms with Crippen molar-refractivity contribution in [1.82, 2.24) is 0 Å². The number of phenols is 1. The van der Waals surface area contributed by atoms with E-state index in [9.17, 15) is 9.50 Å². The maximum Gasteiger partial charge on any atom is 0.165 e. The van der Waals surface area contributed by atoms with Gasteiger partial charge in [-0.05, 0) is 24.3 Å². The first-order valence-electron chi connectivity index (χ1n) is 5.44. The van der Waals surface area contributed by atoms with Crippen molar-refractivity contribution in [3.8, 4) is 17.2 Å². The average Bonchev–Trinajstić information content (AvgIpc) is 2.39. The number of benzene rings is 2. The molecule has 3 nitrogen and oxygen atoms in total. The summed E-state index contributed by atoms with van der Waals surface area (Å²) in [7, 11) is 1.50. The topological polar surface area (TPSA) is 38.7 Å². The first-order chi connectivity index (χ1) is 8.70. The third-order valence-corrected chi connectivity index (χ3v) is 2.49. The molecule has 2 aromatic rings. The summed E-state index contributed by atoms with van der Waals surface area (Å²) in [5.74, 6) is 0.399. The molecule has 0 spiro atoms. The van der Waals surface area contributed by atoms with Crippen molar-refractivity contribution >= 4 is 0 Å². The Kier molecular flexibility index (Phi) is 3.67. The molecular weight excluding hydrogens is 235 g/mol. The van der Waals surface area contributed by atoms with Crippen LogP contribution in [0.5, 0.6) is 17.2 Å². The quantitative estimate of drug-likeness (QED) is 0.903. The largest absolute Gasteiger partial charge is 0.508 e. The first-order valence-corrected chi connectivity index (χ1v) is 5.44. The van der Waals surface area contributed by atoms with Crippen LogP contribution in [0.3, 0.4) is 0 Å². The van der Waals surface area contributed by atoms with Crippen LogP contribution in [0, 0.1) is 5.82 Å². The Balaban J connectivity index is 2.13. The molecule has 1 N–H and O–H groups in total. The molecule has 2 rings (SSSR count). The van der Waals surface area contributed by atoms with Crippen LogP contribution in [0.15, 0.2) is 42.5 Å². The van der Waals surface area contributed by atoms with Crippen molar-refractivity contribution in [2.45, 2.75) is 6.61 Å². The molecule has 94 valence electrons. The highest BCUT2D eigenvalue weighted by Gasteiger charge is 2.07.